The van der Waals surface area contributed by atoms with Crippen molar-refractivity contribution in [3.63, 3.8) is 0 Å². The van der Waals surface area contributed by atoms with E-state index >= 15 is 0 Å². The topological polar surface area (TPSA) is 106 Å². The fourth-order valence-electron chi connectivity index (χ4n) is 2.19. The van der Waals surface area contributed by atoms with E-state index in [0.717, 1.165) is 11.4 Å². The van der Waals surface area contributed by atoms with Crippen molar-refractivity contribution in [1.82, 2.24) is 0 Å². The van der Waals surface area contributed by atoms with Gasteiger partial charge in [0.25, 0.3) is 0 Å². The highest BCUT2D eigenvalue weighted by atomic mass is 15.3. The molecule has 22 heavy (non-hydrogen) atoms. The third-order valence-corrected chi connectivity index (χ3v) is 3.26. The third kappa shape index (κ3) is 3.76. The Morgan fingerprint density at radius 2 is 1.00 bits per heavy atom. The molecule has 0 spiro atoms. The molecular weight excluding hydrogens is 276 g/mol. The van der Waals surface area contributed by atoms with E-state index < -0.39 is 0 Å². The van der Waals surface area contributed by atoms with Crippen LogP contribution in [0.25, 0.3) is 0 Å². The van der Waals surface area contributed by atoms with Gasteiger partial charge in [-0.1, -0.05) is 36.4 Å². The second-order valence-corrected chi connectivity index (χ2v) is 4.74. The van der Waals surface area contributed by atoms with E-state index in [4.69, 9.17) is 22.3 Å². The molecule has 6 nitrogen and oxygen atoms in total. The minimum Gasteiger partial charge on any atom is -0.370 e. The molecule has 0 amide bonds. The van der Waals surface area contributed by atoms with Gasteiger partial charge in [0, 0.05) is 24.5 Å². The molecule has 0 bridgehead atoms. The summed E-state index contributed by atoms with van der Waals surface area (Å²) >= 11 is 0. The molecule has 0 atom stereocenters. The summed E-state index contributed by atoms with van der Waals surface area (Å²) in [5, 5.41) is 15.5. The molecule has 0 aliphatic carbocycles. The van der Waals surface area contributed by atoms with Crippen LogP contribution in [0, 0.1) is 10.8 Å². The zero-order valence-electron chi connectivity index (χ0n) is 12.2. The molecule has 0 unspecified atom stereocenters. The van der Waals surface area contributed by atoms with Crippen molar-refractivity contribution >= 4 is 23.3 Å². The lowest BCUT2D eigenvalue weighted by Gasteiger charge is -2.28. The molecule has 114 valence electrons. The van der Waals surface area contributed by atoms with Crippen LogP contribution in [-0.2, 0) is 0 Å². The number of anilines is 2. The molecule has 2 aromatic carbocycles. The van der Waals surface area contributed by atoms with E-state index in [2.05, 4.69) is 0 Å². The molecule has 0 fully saturated rings. The Hall–Kier alpha value is -3.02. The highest BCUT2D eigenvalue weighted by Gasteiger charge is 2.14. The van der Waals surface area contributed by atoms with Crippen LogP contribution in [-0.4, -0.2) is 25.0 Å². The van der Waals surface area contributed by atoms with E-state index in [9.17, 15) is 0 Å². The summed E-state index contributed by atoms with van der Waals surface area (Å²) < 4.78 is 0. The number of benzene rings is 2. The van der Waals surface area contributed by atoms with Gasteiger partial charge >= 0.3 is 0 Å². The lowest BCUT2D eigenvalue weighted by atomic mass is 10.2. The Morgan fingerprint density at radius 1 is 0.682 bits per heavy atom. The maximum atomic E-state index is 7.75. The van der Waals surface area contributed by atoms with Crippen LogP contribution < -0.4 is 21.3 Å². The van der Waals surface area contributed by atoms with Crippen molar-refractivity contribution < 1.29 is 0 Å². The molecule has 0 aliphatic heterocycles. The van der Waals surface area contributed by atoms with Crippen molar-refractivity contribution in [1.29, 1.82) is 10.8 Å². The van der Waals surface area contributed by atoms with Gasteiger partial charge in [-0.05, 0) is 24.3 Å². The van der Waals surface area contributed by atoms with E-state index in [1.807, 2.05) is 60.7 Å². The van der Waals surface area contributed by atoms with Crippen LogP contribution in [0.1, 0.15) is 0 Å². The van der Waals surface area contributed by atoms with Gasteiger partial charge < -0.3 is 21.3 Å². The smallest absolute Gasteiger partial charge is 0.193 e. The van der Waals surface area contributed by atoms with Crippen molar-refractivity contribution in [2.75, 3.05) is 22.9 Å². The van der Waals surface area contributed by atoms with Crippen LogP contribution in [0.3, 0.4) is 0 Å². The minimum atomic E-state index is -0.0391. The molecule has 6 N–H and O–H groups in total. The summed E-state index contributed by atoms with van der Waals surface area (Å²) in [5.41, 5.74) is 13.0. The highest BCUT2D eigenvalue weighted by Crippen LogP contribution is 2.15. The number of nitrogens with two attached hydrogens (primary N) is 2. The maximum absolute atomic E-state index is 7.75. The number of nitrogens with zero attached hydrogens (tertiary/aromatic N) is 2. The van der Waals surface area contributed by atoms with Crippen molar-refractivity contribution in [2.45, 2.75) is 0 Å². The summed E-state index contributed by atoms with van der Waals surface area (Å²) in [6.45, 7) is 0.904. The highest BCUT2D eigenvalue weighted by molar-refractivity contribution is 5.94. The number of hydrogen-bond donors (Lipinski definition) is 4. The van der Waals surface area contributed by atoms with Gasteiger partial charge in [-0.25, -0.2) is 0 Å². The SMILES string of the molecule is N=C(N)N(CCN(C(=N)N)c1ccccc1)c1ccccc1. The second-order valence-electron chi connectivity index (χ2n) is 4.74. The number of nitrogens with one attached hydrogen (secondary N) is 2. The summed E-state index contributed by atoms with van der Waals surface area (Å²) in [4.78, 5) is 3.36. The zero-order valence-corrected chi connectivity index (χ0v) is 12.2. The monoisotopic (exact) mass is 296 g/mol. The van der Waals surface area contributed by atoms with Gasteiger partial charge in [0.2, 0.25) is 0 Å². The standard InChI is InChI=1S/C16H20N6/c17-15(18)21(13-7-3-1-4-8-13)11-12-22(16(19)20)14-9-5-2-6-10-14/h1-10H,11-12H2,(H3,17,18)(H3,19,20). The fraction of sp³-hybridized carbons (Fsp3) is 0.125. The maximum Gasteiger partial charge on any atom is 0.193 e. The molecule has 0 aromatic heterocycles. The summed E-state index contributed by atoms with van der Waals surface area (Å²) in [6, 6.07) is 19.0. The van der Waals surface area contributed by atoms with Gasteiger partial charge in [0.05, 0.1) is 0 Å². The van der Waals surface area contributed by atoms with Crippen LogP contribution in [0.4, 0.5) is 11.4 Å². The van der Waals surface area contributed by atoms with Crippen LogP contribution in [0.5, 0.6) is 0 Å². The lowest BCUT2D eigenvalue weighted by Crippen LogP contribution is -2.45. The largest absolute Gasteiger partial charge is 0.370 e. The van der Waals surface area contributed by atoms with Gasteiger partial charge in [-0.15, -0.1) is 0 Å². The first-order valence-electron chi connectivity index (χ1n) is 6.93. The summed E-state index contributed by atoms with van der Waals surface area (Å²) in [5.74, 6) is -0.0782. The number of hydrogen-bond acceptors (Lipinski definition) is 2. The van der Waals surface area contributed by atoms with Crippen LogP contribution in [0.2, 0.25) is 0 Å². The van der Waals surface area contributed by atoms with Crippen molar-refractivity contribution in [3.8, 4) is 0 Å². The lowest BCUT2D eigenvalue weighted by molar-refractivity contribution is 0.899. The molecular formula is C16H20N6. The molecule has 0 saturated carbocycles. The number of guanidine groups is 2. The van der Waals surface area contributed by atoms with Crippen LogP contribution >= 0.6 is 0 Å². The van der Waals surface area contributed by atoms with Crippen LogP contribution in [0.15, 0.2) is 60.7 Å². The Labute approximate surface area is 130 Å². The molecule has 2 aromatic rings. The zero-order chi connectivity index (χ0) is 15.9. The Bertz CT molecular complexity index is 568. The van der Waals surface area contributed by atoms with Gasteiger partial charge in [0.15, 0.2) is 11.9 Å². The average molecular weight is 296 g/mol. The Kier molecular flexibility index (Phi) is 4.98. The average Bonchev–Trinajstić information content (AvgIpc) is 2.52. The Balaban J connectivity index is 2.14. The van der Waals surface area contributed by atoms with E-state index in [0.29, 0.717) is 13.1 Å². The molecule has 6 heteroatoms. The first-order chi connectivity index (χ1) is 10.6. The summed E-state index contributed by atoms with van der Waals surface area (Å²) in [7, 11) is 0. The first-order valence-corrected chi connectivity index (χ1v) is 6.93. The molecule has 0 heterocycles. The minimum absolute atomic E-state index is 0.0391. The molecule has 0 radical (unpaired) electrons. The molecule has 0 aliphatic rings. The first kappa shape index (κ1) is 15.4. The van der Waals surface area contributed by atoms with Crippen molar-refractivity contribution in [3.05, 3.63) is 60.7 Å². The second kappa shape index (κ2) is 7.12. The quantitative estimate of drug-likeness (QED) is 0.498. The number of para-hydroxylation sites is 2. The predicted octanol–water partition coefficient (Wildman–Crippen LogP) is 1.79. The molecule has 0 saturated heterocycles. The summed E-state index contributed by atoms with van der Waals surface area (Å²) in [6.07, 6.45) is 0. The normalized spacial score (nSPS) is 10.0. The van der Waals surface area contributed by atoms with E-state index in [1.165, 1.54) is 0 Å². The van der Waals surface area contributed by atoms with Crippen molar-refractivity contribution in [2.24, 2.45) is 11.5 Å². The Morgan fingerprint density at radius 3 is 1.27 bits per heavy atom. The predicted molar refractivity (Wildman–Crippen MR) is 91.4 cm³/mol. The molecule has 2 rings (SSSR count). The van der Waals surface area contributed by atoms with E-state index in [-0.39, 0.29) is 11.9 Å². The van der Waals surface area contributed by atoms with E-state index in [1.54, 1.807) is 9.80 Å². The third-order valence-electron chi connectivity index (χ3n) is 3.26. The van der Waals surface area contributed by atoms with Gasteiger partial charge in [-0.2, -0.15) is 0 Å². The van der Waals surface area contributed by atoms with Gasteiger partial charge in [0.1, 0.15) is 0 Å². The fourth-order valence-corrected chi connectivity index (χ4v) is 2.19. The van der Waals surface area contributed by atoms with Gasteiger partial charge in [-0.3, -0.25) is 10.8 Å². The number of rotatable bonds is 5.